The van der Waals surface area contributed by atoms with E-state index in [9.17, 15) is 19.2 Å². The highest BCUT2D eigenvalue weighted by molar-refractivity contribution is 6.02. The van der Waals surface area contributed by atoms with E-state index >= 15 is 8.78 Å². The number of hydrogen-bond acceptors (Lipinski definition) is 17. The van der Waals surface area contributed by atoms with Crippen LogP contribution in [0.5, 0.6) is 5.75 Å². The Morgan fingerprint density at radius 2 is 1.64 bits per heavy atom. The van der Waals surface area contributed by atoms with Gasteiger partial charge < -0.3 is 39.7 Å². The van der Waals surface area contributed by atoms with E-state index in [0.29, 0.717) is 96.3 Å². The topological polar surface area (TPSA) is 245 Å². The molecule has 4 amide bonds. The molecule has 1 aromatic carbocycles. The minimum atomic E-state index is -0.754. The zero-order valence-electron chi connectivity index (χ0n) is 40.8. The fourth-order valence-electron chi connectivity index (χ4n) is 12.2. The Labute approximate surface area is 418 Å². The summed E-state index contributed by atoms with van der Waals surface area (Å²) < 4.78 is 50.4. The normalized spacial score (nSPS) is 23.9. The van der Waals surface area contributed by atoms with Crippen molar-refractivity contribution in [2.45, 2.75) is 107 Å². The van der Waals surface area contributed by atoms with Gasteiger partial charge in [0.15, 0.2) is 41.2 Å². The van der Waals surface area contributed by atoms with Crippen molar-refractivity contribution in [1.82, 2.24) is 54.9 Å². The van der Waals surface area contributed by atoms with Crippen LogP contribution in [0.4, 0.5) is 30.8 Å². The molecular weight excluding hydrogens is 947 g/mol. The Kier molecular flexibility index (Phi) is 11.7. The minimum absolute atomic E-state index is 0.0797. The molecule has 1 atom stereocenters. The first kappa shape index (κ1) is 47.0. The Morgan fingerprint density at radius 1 is 0.918 bits per heavy atom. The van der Waals surface area contributed by atoms with E-state index in [-0.39, 0.29) is 84.7 Å². The minimum Gasteiger partial charge on any atom is -0.483 e. The third-order valence-corrected chi connectivity index (χ3v) is 16.6. The molecule has 0 radical (unpaired) electrons. The molecule has 4 aliphatic heterocycles. The first-order valence-electron chi connectivity index (χ1n) is 25.5. The molecule has 13 rings (SSSR count). The van der Waals surface area contributed by atoms with Crippen LogP contribution < -0.4 is 26.0 Å². The second-order valence-electron chi connectivity index (χ2n) is 21.5. The zero-order valence-corrected chi connectivity index (χ0v) is 40.8. The van der Waals surface area contributed by atoms with Crippen LogP contribution in [0.1, 0.15) is 89.7 Å². The number of carbonyl (C=O) groups is 4. The summed E-state index contributed by atoms with van der Waals surface area (Å²) in [6.45, 7) is 7.59. The van der Waals surface area contributed by atoms with Crippen molar-refractivity contribution >= 4 is 52.0 Å². The van der Waals surface area contributed by atoms with E-state index in [1.165, 1.54) is 29.8 Å². The lowest BCUT2D eigenvalue weighted by Gasteiger charge is -2.50. The van der Waals surface area contributed by atoms with E-state index in [0.717, 1.165) is 44.9 Å². The molecule has 4 aliphatic carbocycles. The fourth-order valence-corrected chi connectivity index (χ4v) is 12.2. The highest BCUT2D eigenvalue weighted by Crippen LogP contribution is 2.58. The number of nitrogens with one attached hydrogen (secondary N) is 2. The molecule has 8 aliphatic rings. The average molecular weight is 1010 g/mol. The number of halogens is 2. The molecule has 8 heterocycles. The zero-order chi connectivity index (χ0) is 50.3. The van der Waals surface area contributed by atoms with Crippen molar-refractivity contribution in [3.05, 3.63) is 48.2 Å². The maximum atomic E-state index is 15.4. The number of imide groups is 1. The lowest BCUT2D eigenvalue weighted by atomic mass is 9.77. The molecule has 0 spiro atoms. The molecule has 8 fully saturated rings. The number of fused-ring (bicyclic) bond motifs is 2. The van der Waals surface area contributed by atoms with Crippen LogP contribution in [0.3, 0.4) is 0 Å². The lowest BCUT2D eigenvalue weighted by molar-refractivity contribution is -0.137. The van der Waals surface area contributed by atoms with Crippen LogP contribution in [-0.4, -0.2) is 150 Å². The van der Waals surface area contributed by atoms with Crippen molar-refractivity contribution in [3.63, 3.8) is 0 Å². The number of piperidine rings is 2. The van der Waals surface area contributed by atoms with Gasteiger partial charge in [-0.25, -0.2) is 38.2 Å². The van der Waals surface area contributed by atoms with Crippen molar-refractivity contribution in [2.75, 3.05) is 74.9 Å². The maximum Gasteiger partial charge on any atom is 0.410 e. The second kappa shape index (κ2) is 18.2. The predicted molar refractivity (Wildman–Crippen MR) is 259 cm³/mol. The number of ether oxygens (including phenoxy) is 2. The first-order chi connectivity index (χ1) is 35.2. The van der Waals surface area contributed by atoms with Crippen molar-refractivity contribution in [2.24, 2.45) is 11.8 Å². The van der Waals surface area contributed by atoms with Gasteiger partial charge in [0.25, 0.3) is 5.91 Å². The van der Waals surface area contributed by atoms with Gasteiger partial charge in [-0.05, 0) is 95.6 Å². The number of anilines is 3. The Morgan fingerprint density at radius 3 is 2.32 bits per heavy atom. The largest absolute Gasteiger partial charge is 0.483 e. The number of amides is 4. The molecule has 21 nitrogen and oxygen atoms in total. The van der Waals surface area contributed by atoms with Gasteiger partial charge in [0.05, 0.1) is 42.0 Å². The van der Waals surface area contributed by atoms with Crippen LogP contribution in [0.2, 0.25) is 0 Å². The fraction of sp³-hybridized carbons (Fsp3) is 0.560. The van der Waals surface area contributed by atoms with Crippen molar-refractivity contribution in [1.29, 1.82) is 0 Å². The van der Waals surface area contributed by atoms with Crippen LogP contribution in [-0.2, 0) is 24.7 Å². The molecular formula is C50H58F2N14O7. The van der Waals surface area contributed by atoms with Gasteiger partial charge in [0, 0.05) is 62.8 Å². The molecule has 5 aromatic rings. The number of nitrogens with two attached hydrogens (primary N) is 1. The highest BCUT2D eigenvalue weighted by Gasteiger charge is 2.54. The van der Waals surface area contributed by atoms with Crippen LogP contribution in [0.25, 0.3) is 33.8 Å². The molecule has 4 saturated heterocycles. The molecule has 4 saturated carbocycles. The van der Waals surface area contributed by atoms with Gasteiger partial charge in [-0.2, -0.15) is 5.10 Å². The van der Waals surface area contributed by atoms with Gasteiger partial charge in [-0.3, -0.25) is 24.6 Å². The van der Waals surface area contributed by atoms with Crippen LogP contribution in [0.15, 0.2) is 35.4 Å². The van der Waals surface area contributed by atoms with Gasteiger partial charge in [-0.15, -0.1) is 0 Å². The summed E-state index contributed by atoms with van der Waals surface area (Å²) in [5.41, 5.74) is 8.60. The van der Waals surface area contributed by atoms with Crippen molar-refractivity contribution < 1.29 is 42.0 Å². The highest BCUT2D eigenvalue weighted by atomic mass is 19.1. The number of rotatable bonds is 13. The molecule has 4 aromatic heterocycles. The second-order valence-corrected chi connectivity index (χ2v) is 21.5. The number of benzene rings is 1. The third-order valence-electron chi connectivity index (χ3n) is 16.6. The number of aromatic nitrogens is 7. The first-order valence-corrected chi connectivity index (χ1v) is 25.5. The summed E-state index contributed by atoms with van der Waals surface area (Å²) in [6, 6.07) is 1.62. The summed E-state index contributed by atoms with van der Waals surface area (Å²) >= 11 is 0. The number of nitrogen functional groups attached to an aromatic ring is 1. The SMILES string of the molecule is CC(C)(C1CCN(C(=O)COC(=O)N2CC(Oc3cnc(-c4c(-c5nn(C67CCC(C6)C7)c6ncnc(N)c56)noc4C4CC4)nc3)C2)CC1)N1CCN(c2c(F)cc(NC3CCC(=O)NC3=O)cc2F)CC1. The van der Waals surface area contributed by atoms with E-state index in [2.05, 4.69) is 44.5 Å². The van der Waals surface area contributed by atoms with Gasteiger partial charge in [0.2, 0.25) is 11.8 Å². The standard InChI is InChI=1S/C50H58F2N14O7/c1-49(2,65-15-13-63(14-16-65)42-33(51)17-30(18-34(42)52)58-35-5-6-36(67)59-47(35)69)29-8-11-62(12-9-29)37(68)25-71-48(70)64-23-32(24-64)72-31-21-54-45(55-22-31)38-41(61-73-43(38)28-3-4-28)40-39-44(53)56-26-57-46(39)66(60-40)50-10-7-27(19-50)20-50/h17-18,21-22,26-29,32,35,58H,3-16,19-20,23-25H2,1-2H3,(H2,53,56,57)(H,59,67,69). The van der Waals surface area contributed by atoms with Crippen molar-refractivity contribution in [3.8, 4) is 28.5 Å². The number of nitrogens with zero attached hydrogens (tertiary/aromatic N) is 11. The molecule has 1 unspecified atom stereocenters. The third kappa shape index (κ3) is 8.61. The quantitative estimate of drug-likeness (QED) is 0.134. The monoisotopic (exact) mass is 1000 g/mol. The smallest absolute Gasteiger partial charge is 0.410 e. The summed E-state index contributed by atoms with van der Waals surface area (Å²) in [6.07, 6.45) is 11.9. The average Bonchev–Trinajstić information content (AvgIpc) is 3.62. The molecule has 73 heavy (non-hydrogen) atoms. The Balaban J connectivity index is 0.599. The number of carbonyl (C=O) groups excluding carboxylic acids is 4. The van der Waals surface area contributed by atoms with Gasteiger partial charge >= 0.3 is 6.09 Å². The Hall–Kier alpha value is -7.04. The number of piperazine rings is 1. The molecule has 384 valence electrons. The van der Waals surface area contributed by atoms with Gasteiger partial charge in [-0.1, -0.05) is 5.16 Å². The summed E-state index contributed by atoms with van der Waals surface area (Å²) in [7, 11) is 0. The lowest BCUT2D eigenvalue weighted by Crippen LogP contribution is -2.59. The molecule has 23 heteroatoms. The summed E-state index contributed by atoms with van der Waals surface area (Å²) in [5.74, 6) is 0.449. The predicted octanol–water partition coefficient (Wildman–Crippen LogP) is 4.83. The number of likely N-dealkylation sites (tertiary alicyclic amines) is 2. The van der Waals surface area contributed by atoms with E-state index < -0.39 is 29.7 Å². The summed E-state index contributed by atoms with van der Waals surface area (Å²) in [4.78, 5) is 75.5. The van der Waals surface area contributed by atoms with E-state index in [4.69, 9.17) is 34.8 Å². The van der Waals surface area contributed by atoms with E-state index in [1.807, 2.05) is 4.68 Å². The van der Waals surface area contributed by atoms with E-state index in [1.54, 1.807) is 22.2 Å². The van der Waals surface area contributed by atoms with Gasteiger partial charge in [0.1, 0.15) is 41.4 Å². The number of hydrogen-bond donors (Lipinski definition) is 3. The Bertz CT molecular complexity index is 2960. The molecule has 4 N–H and O–H groups in total. The van der Waals surface area contributed by atoms with Crippen LogP contribution in [0, 0.1) is 23.5 Å². The summed E-state index contributed by atoms with van der Waals surface area (Å²) in [5, 5.41) is 15.4. The molecule has 2 bridgehead atoms. The maximum absolute atomic E-state index is 15.4. The van der Waals surface area contributed by atoms with Crippen LogP contribution >= 0.6 is 0 Å².